The number of benzene rings is 3. The van der Waals surface area contributed by atoms with Crippen LogP contribution in [0.15, 0.2) is 95.9 Å². The van der Waals surface area contributed by atoms with Crippen LogP contribution in [0.25, 0.3) is 0 Å². The van der Waals surface area contributed by atoms with Gasteiger partial charge < -0.3 is 4.84 Å². The van der Waals surface area contributed by atoms with Gasteiger partial charge >= 0.3 is 0 Å². The molecule has 4 nitrogen and oxygen atoms in total. The maximum Gasteiger partial charge on any atom is 0.295 e. The molecule has 0 N–H and O–H groups in total. The molecule has 0 spiro atoms. The Morgan fingerprint density at radius 2 is 1.13 bits per heavy atom. The van der Waals surface area contributed by atoms with Crippen LogP contribution in [0.2, 0.25) is 0 Å². The van der Waals surface area contributed by atoms with Crippen LogP contribution >= 0.6 is 0 Å². The average molecular weight is 325 g/mol. The normalized spacial score (nSPS) is 11.0. The van der Waals surface area contributed by atoms with Crippen LogP contribution in [0.4, 0.5) is 5.69 Å². The molecule has 0 aliphatic rings. The molecule has 3 aromatic carbocycles. The maximum atomic E-state index is 12.9. The van der Waals surface area contributed by atoms with Crippen LogP contribution in [0.3, 0.4) is 0 Å². The molecule has 0 saturated carbocycles. The van der Waals surface area contributed by atoms with E-state index in [0.717, 1.165) is 4.47 Å². The first-order chi connectivity index (χ1) is 11.2. The highest BCUT2D eigenvalue weighted by Gasteiger charge is 2.27. The summed E-state index contributed by atoms with van der Waals surface area (Å²) in [6, 6.07) is 25.7. The van der Waals surface area contributed by atoms with Crippen LogP contribution in [0.5, 0.6) is 5.75 Å². The van der Waals surface area contributed by atoms with Gasteiger partial charge in [0.25, 0.3) is 10.0 Å². The molecule has 0 radical (unpaired) electrons. The molecule has 0 bridgehead atoms. The Morgan fingerprint density at radius 3 is 1.70 bits per heavy atom. The van der Waals surface area contributed by atoms with Crippen molar-refractivity contribution in [2.24, 2.45) is 0 Å². The van der Waals surface area contributed by atoms with Crippen molar-refractivity contribution in [2.45, 2.75) is 4.90 Å². The van der Waals surface area contributed by atoms with Gasteiger partial charge in [-0.1, -0.05) is 59.1 Å². The molecule has 0 amide bonds. The molecule has 0 aliphatic carbocycles. The van der Waals surface area contributed by atoms with E-state index in [4.69, 9.17) is 4.84 Å². The van der Waals surface area contributed by atoms with Crippen LogP contribution < -0.4 is 9.31 Å². The zero-order chi connectivity index (χ0) is 16.1. The fourth-order valence-corrected chi connectivity index (χ4v) is 3.33. The summed E-state index contributed by atoms with van der Waals surface area (Å²) in [7, 11) is -3.84. The highest BCUT2D eigenvalue weighted by atomic mass is 32.2. The van der Waals surface area contributed by atoms with E-state index in [9.17, 15) is 8.42 Å². The summed E-state index contributed by atoms with van der Waals surface area (Å²) in [5, 5.41) is 0. The van der Waals surface area contributed by atoms with Gasteiger partial charge in [-0.2, -0.15) is 8.42 Å². The van der Waals surface area contributed by atoms with E-state index in [1.54, 1.807) is 78.9 Å². The van der Waals surface area contributed by atoms with Crippen molar-refractivity contribution in [3.05, 3.63) is 91.0 Å². The highest BCUT2D eigenvalue weighted by Crippen LogP contribution is 2.25. The zero-order valence-electron chi connectivity index (χ0n) is 12.2. The minimum Gasteiger partial charge on any atom is -0.364 e. The van der Waals surface area contributed by atoms with Gasteiger partial charge in [-0.25, -0.2) is 0 Å². The lowest BCUT2D eigenvalue weighted by Crippen LogP contribution is -2.34. The third-order valence-electron chi connectivity index (χ3n) is 3.16. The third-order valence-corrected chi connectivity index (χ3v) is 4.75. The average Bonchev–Trinajstić information content (AvgIpc) is 2.62. The summed E-state index contributed by atoms with van der Waals surface area (Å²) in [4.78, 5) is 5.83. The molecule has 0 unspecified atom stereocenters. The largest absolute Gasteiger partial charge is 0.364 e. The third kappa shape index (κ3) is 3.35. The van der Waals surface area contributed by atoms with Gasteiger partial charge in [-0.3, -0.25) is 0 Å². The first-order valence-corrected chi connectivity index (χ1v) is 8.50. The van der Waals surface area contributed by atoms with E-state index in [-0.39, 0.29) is 4.90 Å². The molecule has 5 heteroatoms. The fraction of sp³-hybridized carbons (Fsp3) is 0. The second-order valence-electron chi connectivity index (χ2n) is 4.79. The topological polar surface area (TPSA) is 46.6 Å². The Hall–Kier alpha value is -2.79. The Morgan fingerprint density at radius 1 is 0.652 bits per heavy atom. The van der Waals surface area contributed by atoms with Crippen molar-refractivity contribution in [3.8, 4) is 5.75 Å². The molecule has 0 aliphatic heterocycles. The maximum absolute atomic E-state index is 12.9. The van der Waals surface area contributed by atoms with Crippen LogP contribution in [0, 0.1) is 0 Å². The SMILES string of the molecule is O=S(=O)(c1ccccc1)N(Oc1ccccc1)c1ccccc1. The van der Waals surface area contributed by atoms with Gasteiger partial charge in [0.05, 0.1) is 10.6 Å². The Labute approximate surface area is 135 Å². The van der Waals surface area contributed by atoms with Crippen molar-refractivity contribution in [2.75, 3.05) is 4.47 Å². The van der Waals surface area contributed by atoms with E-state index in [0.29, 0.717) is 11.4 Å². The Balaban J connectivity index is 2.05. The summed E-state index contributed by atoms with van der Waals surface area (Å²) in [6.45, 7) is 0. The summed E-state index contributed by atoms with van der Waals surface area (Å²) in [5.41, 5.74) is 0.431. The number of nitrogens with zero attached hydrogens (tertiary/aromatic N) is 1. The van der Waals surface area contributed by atoms with E-state index in [1.165, 1.54) is 0 Å². The summed E-state index contributed by atoms with van der Waals surface area (Å²) < 4.78 is 26.8. The molecule has 3 rings (SSSR count). The molecule has 0 fully saturated rings. The quantitative estimate of drug-likeness (QED) is 0.669. The molecule has 23 heavy (non-hydrogen) atoms. The van der Waals surface area contributed by atoms with E-state index < -0.39 is 10.0 Å². The Bertz CT molecular complexity index is 851. The molecule has 116 valence electrons. The molecular weight excluding hydrogens is 310 g/mol. The van der Waals surface area contributed by atoms with Crippen molar-refractivity contribution < 1.29 is 13.3 Å². The summed E-state index contributed by atoms with van der Waals surface area (Å²) in [6.07, 6.45) is 0. The van der Waals surface area contributed by atoms with Crippen molar-refractivity contribution >= 4 is 15.7 Å². The number of hydrogen-bond acceptors (Lipinski definition) is 3. The number of anilines is 1. The molecule has 0 aromatic heterocycles. The van der Waals surface area contributed by atoms with Crippen molar-refractivity contribution in [1.29, 1.82) is 0 Å². The van der Waals surface area contributed by atoms with Crippen molar-refractivity contribution in [1.82, 2.24) is 0 Å². The van der Waals surface area contributed by atoms with Crippen LogP contribution in [-0.2, 0) is 10.0 Å². The van der Waals surface area contributed by atoms with Crippen LogP contribution in [-0.4, -0.2) is 8.42 Å². The van der Waals surface area contributed by atoms with Gasteiger partial charge in [0.15, 0.2) is 5.75 Å². The van der Waals surface area contributed by atoms with E-state index >= 15 is 0 Å². The fourth-order valence-electron chi connectivity index (χ4n) is 2.06. The van der Waals surface area contributed by atoms with E-state index in [2.05, 4.69) is 0 Å². The van der Waals surface area contributed by atoms with Crippen LogP contribution in [0.1, 0.15) is 0 Å². The van der Waals surface area contributed by atoms with Gasteiger partial charge in [0.2, 0.25) is 0 Å². The lowest BCUT2D eigenvalue weighted by atomic mass is 10.3. The lowest BCUT2D eigenvalue weighted by molar-refractivity contribution is 0.337. The first kappa shape index (κ1) is 15.1. The van der Waals surface area contributed by atoms with Gasteiger partial charge in [-0.15, -0.1) is 0 Å². The van der Waals surface area contributed by atoms with Gasteiger partial charge in [-0.05, 0) is 36.4 Å². The number of sulfonamides is 1. The summed E-state index contributed by atoms with van der Waals surface area (Å²) >= 11 is 0. The number of hydrogen-bond donors (Lipinski definition) is 0. The van der Waals surface area contributed by atoms with Crippen molar-refractivity contribution in [3.63, 3.8) is 0 Å². The molecule has 3 aromatic rings. The second kappa shape index (κ2) is 6.54. The molecular formula is C18H15NO3S. The molecule has 0 atom stereocenters. The minimum atomic E-state index is -3.84. The number of rotatable bonds is 5. The molecule has 0 saturated heterocycles. The second-order valence-corrected chi connectivity index (χ2v) is 6.54. The summed E-state index contributed by atoms with van der Waals surface area (Å²) in [5.74, 6) is 0.441. The van der Waals surface area contributed by atoms with Gasteiger partial charge in [0, 0.05) is 0 Å². The first-order valence-electron chi connectivity index (χ1n) is 7.06. The highest BCUT2D eigenvalue weighted by molar-refractivity contribution is 7.92. The zero-order valence-corrected chi connectivity index (χ0v) is 13.1. The van der Waals surface area contributed by atoms with Gasteiger partial charge in [0.1, 0.15) is 0 Å². The van der Waals surface area contributed by atoms with E-state index in [1.807, 2.05) is 12.1 Å². The minimum absolute atomic E-state index is 0.166. The number of para-hydroxylation sites is 2. The molecule has 0 heterocycles. The lowest BCUT2D eigenvalue weighted by Gasteiger charge is -2.23. The predicted molar refractivity (Wildman–Crippen MR) is 89.6 cm³/mol. The monoisotopic (exact) mass is 325 g/mol. The Kier molecular flexibility index (Phi) is 4.30. The predicted octanol–water partition coefficient (Wildman–Crippen LogP) is 3.88. The standard InChI is InChI=1S/C18H15NO3S/c20-23(21,18-14-8-3-9-15-18)19(16-10-4-1-5-11-16)22-17-12-6-2-7-13-17/h1-15H. The smallest absolute Gasteiger partial charge is 0.295 e.